The van der Waals surface area contributed by atoms with E-state index < -0.39 is 0 Å². The van der Waals surface area contributed by atoms with Gasteiger partial charge >= 0.3 is 0 Å². The van der Waals surface area contributed by atoms with Gasteiger partial charge in [0.1, 0.15) is 10.8 Å². The molecule has 78 valence electrons. The second-order valence-electron chi connectivity index (χ2n) is 2.88. The zero-order valence-corrected chi connectivity index (χ0v) is 8.91. The SMILES string of the molecule is NCc1nccnc1SCc1ccco1. The summed E-state index contributed by atoms with van der Waals surface area (Å²) >= 11 is 1.58. The first-order valence-electron chi connectivity index (χ1n) is 4.55. The highest BCUT2D eigenvalue weighted by molar-refractivity contribution is 7.98. The van der Waals surface area contributed by atoms with Crippen molar-refractivity contribution in [2.24, 2.45) is 5.73 Å². The molecule has 0 amide bonds. The minimum Gasteiger partial charge on any atom is -0.468 e. The Morgan fingerprint density at radius 3 is 2.93 bits per heavy atom. The van der Waals surface area contributed by atoms with Crippen molar-refractivity contribution in [2.75, 3.05) is 0 Å². The van der Waals surface area contributed by atoms with E-state index in [0.29, 0.717) is 6.54 Å². The number of hydrogen-bond acceptors (Lipinski definition) is 5. The van der Waals surface area contributed by atoms with Gasteiger partial charge in [-0.05, 0) is 12.1 Å². The van der Waals surface area contributed by atoms with E-state index >= 15 is 0 Å². The summed E-state index contributed by atoms with van der Waals surface area (Å²) in [6, 6.07) is 3.81. The normalized spacial score (nSPS) is 10.5. The number of furan rings is 1. The van der Waals surface area contributed by atoms with E-state index in [4.69, 9.17) is 10.2 Å². The van der Waals surface area contributed by atoms with Crippen molar-refractivity contribution in [2.45, 2.75) is 17.3 Å². The molecule has 0 unspecified atom stereocenters. The highest BCUT2D eigenvalue weighted by atomic mass is 32.2. The Kier molecular flexibility index (Phi) is 3.37. The van der Waals surface area contributed by atoms with Crippen LogP contribution >= 0.6 is 11.8 Å². The lowest BCUT2D eigenvalue weighted by molar-refractivity contribution is 0.530. The van der Waals surface area contributed by atoms with Gasteiger partial charge < -0.3 is 10.2 Å². The van der Waals surface area contributed by atoms with Gasteiger partial charge in [0.15, 0.2) is 0 Å². The smallest absolute Gasteiger partial charge is 0.119 e. The van der Waals surface area contributed by atoms with Crippen molar-refractivity contribution in [1.29, 1.82) is 0 Å². The van der Waals surface area contributed by atoms with E-state index in [1.807, 2.05) is 12.1 Å². The van der Waals surface area contributed by atoms with E-state index in [0.717, 1.165) is 22.2 Å². The highest BCUT2D eigenvalue weighted by Gasteiger charge is 2.05. The maximum atomic E-state index is 5.56. The molecular weight excluding hydrogens is 210 g/mol. The van der Waals surface area contributed by atoms with Crippen LogP contribution in [-0.4, -0.2) is 9.97 Å². The maximum Gasteiger partial charge on any atom is 0.119 e. The minimum absolute atomic E-state index is 0.411. The van der Waals surface area contributed by atoms with E-state index in [-0.39, 0.29) is 0 Å². The van der Waals surface area contributed by atoms with Crippen molar-refractivity contribution in [1.82, 2.24) is 9.97 Å². The number of nitrogens with two attached hydrogens (primary N) is 1. The quantitative estimate of drug-likeness (QED) is 0.798. The summed E-state index contributed by atoms with van der Waals surface area (Å²) < 4.78 is 5.23. The zero-order valence-electron chi connectivity index (χ0n) is 8.09. The third-order valence-electron chi connectivity index (χ3n) is 1.86. The van der Waals surface area contributed by atoms with Gasteiger partial charge in [0.05, 0.1) is 17.7 Å². The Bertz CT molecular complexity index is 416. The van der Waals surface area contributed by atoms with Gasteiger partial charge in [0.2, 0.25) is 0 Å². The number of aromatic nitrogens is 2. The lowest BCUT2D eigenvalue weighted by atomic mass is 10.5. The predicted molar refractivity (Wildman–Crippen MR) is 58.2 cm³/mol. The van der Waals surface area contributed by atoms with E-state index in [1.54, 1.807) is 30.4 Å². The first-order valence-corrected chi connectivity index (χ1v) is 5.54. The molecule has 0 bridgehead atoms. The van der Waals surface area contributed by atoms with Gasteiger partial charge in [-0.1, -0.05) is 11.8 Å². The van der Waals surface area contributed by atoms with Crippen molar-refractivity contribution in [3.05, 3.63) is 42.2 Å². The van der Waals surface area contributed by atoms with Crippen LogP contribution < -0.4 is 5.73 Å². The van der Waals surface area contributed by atoms with Crippen LogP contribution in [0.4, 0.5) is 0 Å². The fraction of sp³-hybridized carbons (Fsp3) is 0.200. The molecule has 2 rings (SSSR count). The Labute approximate surface area is 91.9 Å². The zero-order chi connectivity index (χ0) is 10.5. The van der Waals surface area contributed by atoms with Crippen LogP contribution in [0.5, 0.6) is 0 Å². The number of hydrogen-bond donors (Lipinski definition) is 1. The molecule has 0 radical (unpaired) electrons. The molecule has 0 atom stereocenters. The predicted octanol–water partition coefficient (Wildman–Crippen LogP) is 1.82. The van der Waals surface area contributed by atoms with Gasteiger partial charge in [0, 0.05) is 18.9 Å². The average molecular weight is 221 g/mol. The van der Waals surface area contributed by atoms with Crippen molar-refractivity contribution in [3.63, 3.8) is 0 Å². The highest BCUT2D eigenvalue weighted by Crippen LogP contribution is 2.22. The molecule has 4 nitrogen and oxygen atoms in total. The Morgan fingerprint density at radius 2 is 2.20 bits per heavy atom. The Balaban J connectivity index is 2.04. The molecule has 0 aliphatic rings. The summed E-state index contributed by atoms with van der Waals surface area (Å²) in [6.45, 7) is 0.411. The Morgan fingerprint density at radius 1 is 1.33 bits per heavy atom. The molecule has 2 aromatic heterocycles. The van der Waals surface area contributed by atoms with Crippen LogP contribution in [0.15, 0.2) is 40.2 Å². The molecule has 0 saturated heterocycles. The lowest BCUT2D eigenvalue weighted by Crippen LogP contribution is -2.02. The summed E-state index contributed by atoms with van der Waals surface area (Å²) in [5, 5.41) is 0.872. The maximum absolute atomic E-state index is 5.56. The first-order chi connectivity index (χ1) is 7.40. The number of nitrogens with zero attached hydrogens (tertiary/aromatic N) is 2. The third kappa shape index (κ3) is 2.57. The van der Waals surface area contributed by atoms with Gasteiger partial charge in [-0.15, -0.1) is 0 Å². The largest absolute Gasteiger partial charge is 0.468 e. The summed E-state index contributed by atoms with van der Waals surface area (Å²) in [5.74, 6) is 1.67. The van der Waals surface area contributed by atoms with E-state index in [1.165, 1.54) is 0 Å². The summed E-state index contributed by atoms with van der Waals surface area (Å²) in [7, 11) is 0. The minimum atomic E-state index is 0.411. The number of rotatable bonds is 4. The molecule has 0 spiro atoms. The Hall–Kier alpha value is -1.33. The monoisotopic (exact) mass is 221 g/mol. The summed E-state index contributed by atoms with van der Waals surface area (Å²) in [4.78, 5) is 8.39. The van der Waals surface area contributed by atoms with E-state index in [2.05, 4.69) is 9.97 Å². The molecule has 0 aromatic carbocycles. The average Bonchev–Trinajstić information content (AvgIpc) is 2.79. The van der Waals surface area contributed by atoms with Crippen LogP contribution in [0.25, 0.3) is 0 Å². The topological polar surface area (TPSA) is 64.9 Å². The first kappa shape index (κ1) is 10.2. The molecule has 0 saturated carbocycles. The van der Waals surface area contributed by atoms with Crippen LogP contribution in [0, 0.1) is 0 Å². The van der Waals surface area contributed by atoms with Gasteiger partial charge in [-0.2, -0.15) is 0 Å². The summed E-state index contributed by atoms with van der Waals surface area (Å²) in [5.41, 5.74) is 6.39. The van der Waals surface area contributed by atoms with E-state index in [9.17, 15) is 0 Å². The van der Waals surface area contributed by atoms with Crippen LogP contribution in [-0.2, 0) is 12.3 Å². The molecule has 2 heterocycles. The van der Waals surface area contributed by atoms with Gasteiger partial charge in [-0.25, -0.2) is 4.98 Å². The van der Waals surface area contributed by atoms with Crippen molar-refractivity contribution in [3.8, 4) is 0 Å². The molecule has 2 aromatic rings. The van der Waals surface area contributed by atoms with Crippen LogP contribution in [0.3, 0.4) is 0 Å². The van der Waals surface area contributed by atoms with Crippen molar-refractivity contribution < 1.29 is 4.42 Å². The lowest BCUT2D eigenvalue weighted by Gasteiger charge is -2.02. The fourth-order valence-corrected chi connectivity index (χ4v) is 2.03. The molecule has 0 aliphatic carbocycles. The van der Waals surface area contributed by atoms with Crippen LogP contribution in [0.2, 0.25) is 0 Å². The molecular formula is C10H11N3OS. The second kappa shape index (κ2) is 4.95. The fourth-order valence-electron chi connectivity index (χ4n) is 1.15. The van der Waals surface area contributed by atoms with Crippen molar-refractivity contribution >= 4 is 11.8 Å². The molecule has 15 heavy (non-hydrogen) atoms. The van der Waals surface area contributed by atoms with Gasteiger partial charge in [0.25, 0.3) is 0 Å². The molecule has 0 aliphatic heterocycles. The second-order valence-corrected chi connectivity index (χ2v) is 3.84. The third-order valence-corrected chi connectivity index (χ3v) is 2.90. The number of thioether (sulfide) groups is 1. The molecule has 0 fully saturated rings. The van der Waals surface area contributed by atoms with Gasteiger partial charge in [-0.3, -0.25) is 4.98 Å². The standard InChI is InChI=1S/C10H11N3OS/c11-6-9-10(13-4-3-12-9)15-7-8-2-1-5-14-8/h1-5H,6-7,11H2. The summed E-state index contributed by atoms with van der Waals surface area (Å²) in [6.07, 6.45) is 4.99. The van der Waals surface area contributed by atoms with Crippen LogP contribution in [0.1, 0.15) is 11.5 Å². The molecule has 2 N–H and O–H groups in total. The molecule has 5 heteroatoms.